The van der Waals surface area contributed by atoms with Crippen LogP contribution in [0, 0.1) is 5.41 Å². The van der Waals surface area contributed by atoms with E-state index < -0.39 is 11.6 Å². The molecule has 23 heavy (non-hydrogen) atoms. The smallest absolute Gasteiger partial charge is 0.407 e. The summed E-state index contributed by atoms with van der Waals surface area (Å²) in [5.74, 6) is 0. The van der Waals surface area contributed by atoms with Gasteiger partial charge in [0.2, 0.25) is 0 Å². The molecular formula is C18H29N3O2. The predicted octanol–water partition coefficient (Wildman–Crippen LogP) is 3.33. The summed E-state index contributed by atoms with van der Waals surface area (Å²) in [4.78, 5) is 15.6. The van der Waals surface area contributed by atoms with Crippen molar-refractivity contribution >= 4 is 11.8 Å². The van der Waals surface area contributed by atoms with Gasteiger partial charge in [-0.2, -0.15) is 0 Å². The number of nitrogens with zero attached hydrogens (tertiary/aromatic N) is 2. The van der Waals surface area contributed by atoms with Crippen molar-refractivity contribution in [2.45, 2.75) is 39.8 Å². The molecule has 0 saturated carbocycles. The Morgan fingerprint density at radius 3 is 2.35 bits per heavy atom. The Hall–Kier alpha value is -1.75. The van der Waals surface area contributed by atoms with Crippen molar-refractivity contribution in [1.82, 2.24) is 9.80 Å². The molecule has 0 bridgehead atoms. The molecule has 0 radical (unpaired) electrons. The number of hydrogen-bond donors (Lipinski definition) is 2. The molecule has 1 aliphatic heterocycles. The summed E-state index contributed by atoms with van der Waals surface area (Å²) >= 11 is 0. The summed E-state index contributed by atoms with van der Waals surface area (Å²) in [6.07, 6.45) is -0.819. The van der Waals surface area contributed by atoms with Crippen molar-refractivity contribution in [2.24, 2.45) is 5.41 Å². The van der Waals surface area contributed by atoms with Gasteiger partial charge >= 0.3 is 6.09 Å². The van der Waals surface area contributed by atoms with E-state index in [1.807, 2.05) is 7.05 Å². The molecule has 1 amide bonds. The molecule has 5 heteroatoms. The van der Waals surface area contributed by atoms with Crippen LogP contribution in [0.4, 0.5) is 10.5 Å². The molecule has 0 spiro atoms. The minimum absolute atomic E-state index is 0.125. The highest BCUT2D eigenvalue weighted by Crippen LogP contribution is 2.38. The lowest BCUT2D eigenvalue weighted by atomic mass is 9.72. The summed E-state index contributed by atoms with van der Waals surface area (Å²) in [5, 5.41) is 12.7. The molecule has 1 aliphatic rings. The zero-order chi connectivity index (χ0) is 17.3. The largest absolute Gasteiger partial charge is 0.465 e. The van der Waals surface area contributed by atoms with Gasteiger partial charge in [0.05, 0.1) is 5.54 Å². The van der Waals surface area contributed by atoms with Gasteiger partial charge in [-0.25, -0.2) is 4.79 Å². The molecule has 1 atom stereocenters. The molecule has 2 N–H and O–H groups in total. The van der Waals surface area contributed by atoms with Crippen molar-refractivity contribution in [3.05, 3.63) is 29.8 Å². The van der Waals surface area contributed by atoms with Crippen molar-refractivity contribution in [3.63, 3.8) is 0 Å². The zero-order valence-electron chi connectivity index (χ0n) is 14.9. The Balaban J connectivity index is 2.15. The summed E-state index contributed by atoms with van der Waals surface area (Å²) in [7, 11) is 1.91. The lowest BCUT2D eigenvalue weighted by Gasteiger charge is -2.54. The fourth-order valence-corrected chi connectivity index (χ4v) is 3.21. The SMILES string of the molecule is CNc1ccc(CN2CCN(C(=O)O)[C@](C)(C(C)(C)C)C2)cc1. The standard InChI is InChI=1S/C18H29N3O2/c1-17(2,3)18(4)13-20(10-11-21(18)16(22)23)12-14-6-8-15(19-5)9-7-14/h6-9,19H,10-13H2,1-5H3,(H,22,23)/t18-/m0/s1. The third-order valence-corrected chi connectivity index (χ3v) is 5.26. The van der Waals surface area contributed by atoms with E-state index in [-0.39, 0.29) is 5.41 Å². The maximum atomic E-state index is 11.7. The van der Waals surface area contributed by atoms with Gasteiger partial charge in [-0.15, -0.1) is 0 Å². The Kier molecular flexibility index (Phi) is 4.90. The molecule has 0 aromatic heterocycles. The molecule has 1 aromatic rings. The molecule has 1 aromatic carbocycles. The van der Waals surface area contributed by atoms with E-state index in [4.69, 9.17) is 0 Å². The van der Waals surface area contributed by atoms with E-state index in [9.17, 15) is 9.90 Å². The van der Waals surface area contributed by atoms with Crippen LogP contribution in [0.15, 0.2) is 24.3 Å². The minimum Gasteiger partial charge on any atom is -0.465 e. The Labute approximate surface area is 139 Å². The second-order valence-corrected chi connectivity index (χ2v) is 7.62. The fraction of sp³-hybridized carbons (Fsp3) is 0.611. The van der Waals surface area contributed by atoms with Gasteiger partial charge in [-0.3, -0.25) is 9.80 Å². The van der Waals surface area contributed by atoms with Gasteiger partial charge in [0.15, 0.2) is 0 Å². The Morgan fingerprint density at radius 1 is 1.26 bits per heavy atom. The van der Waals surface area contributed by atoms with Gasteiger partial charge in [-0.05, 0) is 30.0 Å². The number of nitrogens with one attached hydrogen (secondary N) is 1. The highest BCUT2D eigenvalue weighted by Gasteiger charge is 2.48. The van der Waals surface area contributed by atoms with Gasteiger partial charge in [-0.1, -0.05) is 32.9 Å². The number of piperazine rings is 1. The van der Waals surface area contributed by atoms with Gasteiger partial charge in [0.1, 0.15) is 0 Å². The predicted molar refractivity (Wildman–Crippen MR) is 93.9 cm³/mol. The lowest BCUT2D eigenvalue weighted by Crippen LogP contribution is -2.67. The first-order valence-electron chi connectivity index (χ1n) is 8.17. The molecule has 0 unspecified atom stereocenters. The van der Waals surface area contributed by atoms with Crippen LogP contribution in [0.25, 0.3) is 0 Å². The first-order chi connectivity index (χ1) is 10.7. The van der Waals surface area contributed by atoms with E-state index in [1.165, 1.54) is 5.56 Å². The number of carboxylic acid groups (broad SMARTS) is 1. The molecule has 0 aliphatic carbocycles. The highest BCUT2D eigenvalue weighted by molar-refractivity contribution is 5.66. The molecule has 5 nitrogen and oxygen atoms in total. The molecular weight excluding hydrogens is 290 g/mol. The van der Waals surface area contributed by atoms with Crippen LogP contribution in [-0.4, -0.2) is 53.2 Å². The second-order valence-electron chi connectivity index (χ2n) is 7.62. The number of benzene rings is 1. The lowest BCUT2D eigenvalue weighted by molar-refractivity contribution is -0.0461. The van der Waals surface area contributed by atoms with Crippen molar-refractivity contribution in [1.29, 1.82) is 0 Å². The summed E-state index contributed by atoms with van der Waals surface area (Å²) in [5.41, 5.74) is 1.83. The van der Waals surface area contributed by atoms with Gasteiger partial charge in [0, 0.05) is 38.9 Å². The molecule has 1 saturated heterocycles. The normalized spacial score (nSPS) is 22.9. The topological polar surface area (TPSA) is 55.8 Å². The van der Waals surface area contributed by atoms with E-state index in [0.29, 0.717) is 6.54 Å². The molecule has 128 valence electrons. The quantitative estimate of drug-likeness (QED) is 0.897. The third-order valence-electron chi connectivity index (χ3n) is 5.26. The zero-order valence-corrected chi connectivity index (χ0v) is 14.9. The maximum absolute atomic E-state index is 11.7. The van der Waals surface area contributed by atoms with E-state index in [0.717, 1.165) is 25.3 Å². The summed E-state index contributed by atoms with van der Waals surface area (Å²) < 4.78 is 0. The summed E-state index contributed by atoms with van der Waals surface area (Å²) in [6.45, 7) is 11.3. The van der Waals surface area contributed by atoms with E-state index in [2.05, 4.69) is 62.2 Å². The monoisotopic (exact) mass is 319 g/mol. The van der Waals surface area contributed by atoms with Crippen molar-refractivity contribution in [2.75, 3.05) is 32.0 Å². The van der Waals surface area contributed by atoms with Crippen LogP contribution < -0.4 is 5.32 Å². The van der Waals surface area contributed by atoms with Gasteiger partial charge < -0.3 is 10.4 Å². The van der Waals surface area contributed by atoms with Crippen LogP contribution >= 0.6 is 0 Å². The van der Waals surface area contributed by atoms with E-state index >= 15 is 0 Å². The summed E-state index contributed by atoms with van der Waals surface area (Å²) in [6, 6.07) is 8.41. The van der Waals surface area contributed by atoms with Crippen LogP contribution in [-0.2, 0) is 6.54 Å². The minimum atomic E-state index is -0.819. The fourth-order valence-electron chi connectivity index (χ4n) is 3.21. The van der Waals surface area contributed by atoms with Crippen molar-refractivity contribution in [3.8, 4) is 0 Å². The van der Waals surface area contributed by atoms with Crippen LogP contribution in [0.3, 0.4) is 0 Å². The third kappa shape index (κ3) is 3.61. The Morgan fingerprint density at radius 2 is 1.87 bits per heavy atom. The molecule has 1 fully saturated rings. The van der Waals surface area contributed by atoms with Crippen LogP contribution in [0.1, 0.15) is 33.3 Å². The Bertz CT molecular complexity index is 550. The highest BCUT2D eigenvalue weighted by atomic mass is 16.4. The molecule has 1 heterocycles. The first-order valence-corrected chi connectivity index (χ1v) is 8.17. The van der Waals surface area contributed by atoms with Crippen LogP contribution in [0.2, 0.25) is 0 Å². The number of rotatable bonds is 3. The second kappa shape index (κ2) is 6.40. The number of anilines is 1. The average molecular weight is 319 g/mol. The first kappa shape index (κ1) is 17.6. The number of amides is 1. The molecule has 2 rings (SSSR count). The van der Waals surface area contributed by atoms with Crippen LogP contribution in [0.5, 0.6) is 0 Å². The number of carbonyl (C=O) groups is 1. The average Bonchev–Trinajstić information content (AvgIpc) is 2.46. The van der Waals surface area contributed by atoms with Gasteiger partial charge in [0.25, 0.3) is 0 Å². The number of hydrogen-bond acceptors (Lipinski definition) is 3. The maximum Gasteiger partial charge on any atom is 0.407 e. The van der Waals surface area contributed by atoms with Crippen molar-refractivity contribution < 1.29 is 9.90 Å². The van der Waals surface area contributed by atoms with E-state index in [1.54, 1.807) is 4.90 Å².